The van der Waals surface area contributed by atoms with Crippen LogP contribution in [0.1, 0.15) is 13.3 Å². The average Bonchev–Trinajstić information content (AvgIpc) is 1.69. The number of hydrogen-bond donors (Lipinski definition) is 0. The summed E-state index contributed by atoms with van der Waals surface area (Å²) >= 11 is 4.87. The van der Waals surface area contributed by atoms with E-state index in [2.05, 4.69) is 40.8 Å². The molecule has 0 spiro atoms. The molecule has 0 bridgehead atoms. The minimum absolute atomic E-state index is 0. The van der Waals surface area contributed by atoms with E-state index in [0.717, 1.165) is 4.48 Å². The van der Waals surface area contributed by atoms with Gasteiger partial charge >= 0.3 is 16.5 Å². The first-order valence-electron chi connectivity index (χ1n) is 3.01. The molecule has 0 heterocycles. The second-order valence-electron chi connectivity index (χ2n) is 3.01. The zero-order chi connectivity index (χ0) is 7.91. The fourth-order valence-corrected chi connectivity index (χ4v) is 0.671. The average molecular weight is 368 g/mol. The molecule has 0 aromatic carbocycles. The SMILES string of the molecule is BrI.CCC[N+](C)(C)C.[Ni+2]. The smallest absolute Gasteiger partial charge is 0.331 e. The fourth-order valence-electron chi connectivity index (χ4n) is 0.671. The van der Waals surface area contributed by atoms with Gasteiger partial charge in [0.2, 0.25) is 0 Å². The maximum Gasteiger partial charge on any atom is 2.00 e. The Morgan fingerprint density at radius 3 is 1.50 bits per heavy atom. The minimum atomic E-state index is 0. The summed E-state index contributed by atoms with van der Waals surface area (Å²) in [6, 6.07) is 0. The topological polar surface area (TPSA) is 0 Å². The number of halogens is 2. The third-order valence-electron chi connectivity index (χ3n) is 0.894. The minimum Gasteiger partial charge on any atom is -0.331 e. The van der Waals surface area contributed by atoms with E-state index in [1.807, 2.05) is 20.4 Å². The van der Waals surface area contributed by atoms with Crippen LogP contribution in [0.3, 0.4) is 0 Å². The second kappa shape index (κ2) is 10.7. The van der Waals surface area contributed by atoms with E-state index < -0.39 is 0 Å². The van der Waals surface area contributed by atoms with E-state index in [0.29, 0.717) is 0 Å². The summed E-state index contributed by atoms with van der Waals surface area (Å²) in [6.07, 6.45) is 1.28. The van der Waals surface area contributed by atoms with Crippen LogP contribution in [0.25, 0.3) is 0 Å². The molecule has 10 heavy (non-hydrogen) atoms. The fraction of sp³-hybridized carbons (Fsp3) is 1.00. The van der Waals surface area contributed by atoms with Crippen molar-refractivity contribution < 1.29 is 21.0 Å². The van der Waals surface area contributed by atoms with Crippen molar-refractivity contribution in [1.82, 2.24) is 0 Å². The van der Waals surface area contributed by atoms with Crippen molar-refractivity contribution in [2.45, 2.75) is 13.3 Å². The van der Waals surface area contributed by atoms with Gasteiger partial charge in [0.05, 0.1) is 27.7 Å². The van der Waals surface area contributed by atoms with Gasteiger partial charge in [0.15, 0.2) is 0 Å². The largest absolute Gasteiger partial charge is 2.00 e. The third kappa shape index (κ3) is 22.6. The van der Waals surface area contributed by atoms with Crippen LogP contribution in [0, 0.1) is 0 Å². The Labute approximate surface area is 94.3 Å². The summed E-state index contributed by atoms with van der Waals surface area (Å²) in [7, 11) is 6.64. The van der Waals surface area contributed by atoms with Crippen molar-refractivity contribution >= 4 is 33.1 Å². The summed E-state index contributed by atoms with van der Waals surface area (Å²) in [6.45, 7) is 3.49. The number of quaternary nitrogens is 1. The van der Waals surface area contributed by atoms with Crippen LogP contribution in [0.5, 0.6) is 0 Å². The quantitative estimate of drug-likeness (QED) is 0.400. The van der Waals surface area contributed by atoms with E-state index in [1.54, 1.807) is 0 Å². The Kier molecular flexibility index (Phi) is 18.8. The van der Waals surface area contributed by atoms with E-state index in [9.17, 15) is 0 Å². The molecular formula is C6H16BrINNi+3. The van der Waals surface area contributed by atoms with Crippen LogP contribution < -0.4 is 0 Å². The van der Waals surface area contributed by atoms with E-state index in [1.165, 1.54) is 13.0 Å². The first-order chi connectivity index (χ1) is 4.06. The molecule has 0 rings (SSSR count). The molecule has 1 nitrogen and oxygen atoms in total. The standard InChI is InChI=1S/C6H16N.BrI.Ni/c1-5-6-7(2,3)4;1-2;/h5-6H2,1-4H3;;/q+1;;+2. The Bertz CT molecular complexity index is 56.2. The molecule has 0 atom stereocenters. The van der Waals surface area contributed by atoms with Crippen molar-refractivity contribution in [1.29, 1.82) is 0 Å². The van der Waals surface area contributed by atoms with Gasteiger partial charge in [-0.25, -0.2) is 0 Å². The van der Waals surface area contributed by atoms with Gasteiger partial charge in [-0.05, 0) is 19.1 Å². The van der Waals surface area contributed by atoms with Crippen LogP contribution in [0.15, 0.2) is 0 Å². The summed E-state index contributed by atoms with van der Waals surface area (Å²) in [5, 5.41) is 0. The van der Waals surface area contributed by atoms with Crippen molar-refractivity contribution in [3.63, 3.8) is 0 Å². The summed E-state index contributed by atoms with van der Waals surface area (Å²) < 4.78 is 1.09. The molecule has 0 saturated carbocycles. The monoisotopic (exact) mass is 366 g/mol. The maximum absolute atomic E-state index is 2.91. The molecule has 0 unspecified atom stereocenters. The van der Waals surface area contributed by atoms with Crippen molar-refractivity contribution in [3.8, 4) is 0 Å². The predicted molar refractivity (Wildman–Crippen MR) is 56.1 cm³/mol. The first-order valence-corrected chi connectivity index (χ1v) is 7.84. The molecule has 0 aliphatic heterocycles. The van der Waals surface area contributed by atoms with Crippen LogP contribution >= 0.6 is 33.1 Å². The molecular weight excluding hydrogens is 352 g/mol. The van der Waals surface area contributed by atoms with Gasteiger partial charge in [-0.3, -0.25) is 0 Å². The Hall–Kier alpha value is 1.66. The molecule has 0 N–H and O–H groups in total. The van der Waals surface area contributed by atoms with Gasteiger partial charge in [-0.1, -0.05) is 6.92 Å². The van der Waals surface area contributed by atoms with Crippen LogP contribution in [-0.4, -0.2) is 32.2 Å². The molecule has 0 amide bonds. The Morgan fingerprint density at radius 2 is 1.50 bits per heavy atom. The first kappa shape index (κ1) is 17.7. The van der Waals surface area contributed by atoms with Gasteiger partial charge < -0.3 is 4.48 Å². The van der Waals surface area contributed by atoms with Crippen molar-refractivity contribution in [3.05, 3.63) is 0 Å². The van der Waals surface area contributed by atoms with Crippen LogP contribution in [-0.2, 0) is 16.5 Å². The molecule has 0 aliphatic rings. The van der Waals surface area contributed by atoms with Gasteiger partial charge in [-0.2, -0.15) is 0 Å². The summed E-state index contributed by atoms with van der Waals surface area (Å²) in [5.74, 6) is 0. The van der Waals surface area contributed by atoms with Crippen molar-refractivity contribution in [2.75, 3.05) is 27.7 Å². The molecule has 0 saturated heterocycles. The predicted octanol–water partition coefficient (Wildman–Crippen LogP) is 2.83. The maximum atomic E-state index is 2.91. The number of nitrogens with zero attached hydrogens (tertiary/aromatic N) is 1. The third-order valence-corrected chi connectivity index (χ3v) is 0.894. The van der Waals surface area contributed by atoms with Gasteiger partial charge in [-0.15, -0.1) is 0 Å². The Morgan fingerprint density at radius 1 is 1.20 bits per heavy atom. The number of rotatable bonds is 2. The van der Waals surface area contributed by atoms with Gasteiger partial charge in [0.1, 0.15) is 0 Å². The molecule has 0 fully saturated rings. The van der Waals surface area contributed by atoms with Gasteiger partial charge in [0.25, 0.3) is 0 Å². The molecule has 4 heteroatoms. The summed E-state index contributed by atoms with van der Waals surface area (Å²) in [5.41, 5.74) is 0. The van der Waals surface area contributed by atoms with E-state index in [-0.39, 0.29) is 16.5 Å². The molecule has 66 valence electrons. The number of hydrogen-bond acceptors (Lipinski definition) is 0. The van der Waals surface area contributed by atoms with Gasteiger partial charge in [0, 0.05) is 20.4 Å². The van der Waals surface area contributed by atoms with E-state index in [4.69, 9.17) is 0 Å². The van der Waals surface area contributed by atoms with Crippen LogP contribution in [0.4, 0.5) is 0 Å². The summed E-state index contributed by atoms with van der Waals surface area (Å²) in [4.78, 5) is 0. The Balaban J connectivity index is -0.000000149. The van der Waals surface area contributed by atoms with E-state index >= 15 is 0 Å². The zero-order valence-electron chi connectivity index (χ0n) is 6.93. The van der Waals surface area contributed by atoms with Crippen molar-refractivity contribution in [2.24, 2.45) is 0 Å². The second-order valence-corrected chi connectivity index (χ2v) is 3.01. The van der Waals surface area contributed by atoms with Crippen LogP contribution in [0.2, 0.25) is 0 Å². The normalized spacial score (nSPS) is 9.00. The zero-order valence-corrected chi connectivity index (χ0v) is 11.7. The molecule has 0 aromatic rings. The molecule has 0 aromatic heterocycles. The molecule has 0 aliphatic carbocycles. The molecule has 0 radical (unpaired) electrons.